The lowest BCUT2D eigenvalue weighted by Crippen LogP contribution is -2.27. The molecule has 1 aliphatic carbocycles. The Kier molecular flexibility index (Phi) is 4.25. The highest BCUT2D eigenvalue weighted by Crippen LogP contribution is 2.34. The number of nitrogens with two attached hydrogens (primary N) is 1. The van der Waals surface area contributed by atoms with Crippen molar-refractivity contribution in [2.75, 3.05) is 12.0 Å². The molecular weight excluding hydrogens is 316 g/mol. The molecule has 0 aliphatic heterocycles. The van der Waals surface area contributed by atoms with Crippen LogP contribution in [0, 0.1) is 0 Å². The third kappa shape index (κ3) is 3.64. The van der Waals surface area contributed by atoms with Crippen LogP contribution in [0.3, 0.4) is 0 Å². The smallest absolute Gasteiger partial charge is 0.152 e. The lowest BCUT2D eigenvalue weighted by Gasteiger charge is -2.17. The van der Waals surface area contributed by atoms with Gasteiger partial charge in [0.1, 0.15) is 18.1 Å². The maximum Gasteiger partial charge on any atom is 0.152 e. The van der Waals surface area contributed by atoms with Crippen molar-refractivity contribution in [2.24, 2.45) is 0 Å². The van der Waals surface area contributed by atoms with E-state index < -0.39 is 9.84 Å². The Hall–Kier alpha value is -2.09. The van der Waals surface area contributed by atoms with Gasteiger partial charge in [0.25, 0.3) is 0 Å². The molecule has 124 valence electrons. The first-order valence-corrected chi connectivity index (χ1v) is 9.47. The highest BCUT2D eigenvalue weighted by Gasteiger charge is 2.36. The van der Waals surface area contributed by atoms with Crippen LogP contribution in [0.4, 0.5) is 5.69 Å². The van der Waals surface area contributed by atoms with Gasteiger partial charge in [0.05, 0.1) is 17.5 Å². The average molecular weight is 336 g/mol. The van der Waals surface area contributed by atoms with E-state index in [1.165, 1.54) is 6.26 Å². The van der Waals surface area contributed by atoms with Crippen LogP contribution in [0.2, 0.25) is 0 Å². The summed E-state index contributed by atoms with van der Waals surface area (Å²) in [6, 6.07) is 7.02. The third-order valence-electron chi connectivity index (χ3n) is 4.11. The van der Waals surface area contributed by atoms with Crippen molar-refractivity contribution in [1.82, 2.24) is 15.0 Å². The molecule has 2 aromatic rings. The molecule has 23 heavy (non-hydrogen) atoms. The van der Waals surface area contributed by atoms with E-state index in [2.05, 4.69) is 10.3 Å². The fourth-order valence-electron chi connectivity index (χ4n) is 3.01. The predicted molar refractivity (Wildman–Crippen MR) is 86.7 cm³/mol. The maximum absolute atomic E-state index is 11.9. The molecule has 1 aliphatic rings. The molecule has 2 atom stereocenters. The largest absolute Gasteiger partial charge is 0.487 e. The predicted octanol–water partition coefficient (Wildman–Crippen LogP) is 1.58. The van der Waals surface area contributed by atoms with Crippen molar-refractivity contribution in [3.63, 3.8) is 0 Å². The topological polar surface area (TPSA) is 100 Å². The van der Waals surface area contributed by atoms with E-state index in [4.69, 9.17) is 10.5 Å². The molecular formula is C15H20N4O3S. The van der Waals surface area contributed by atoms with Crippen LogP contribution in [-0.4, -0.2) is 34.9 Å². The number of benzene rings is 1. The summed E-state index contributed by atoms with van der Waals surface area (Å²) >= 11 is 0. The van der Waals surface area contributed by atoms with Gasteiger partial charge in [-0.3, -0.25) is 0 Å². The second kappa shape index (κ2) is 6.19. The van der Waals surface area contributed by atoms with E-state index in [1.54, 1.807) is 23.0 Å². The first kappa shape index (κ1) is 15.8. The standard InChI is InChI=1S/C15H20N4O3S/c1-23(20,21)15-7-3-6-14(15)19-9-12(17-18-19)10-22-13-5-2-4-11(16)8-13/h2,4-5,8-9,14-15H,3,6-7,10,16H2,1H3/t14-,15-/m1/s1. The molecule has 1 fully saturated rings. The Morgan fingerprint density at radius 1 is 1.39 bits per heavy atom. The van der Waals surface area contributed by atoms with Crippen molar-refractivity contribution >= 4 is 15.5 Å². The van der Waals surface area contributed by atoms with Crippen LogP contribution in [0.5, 0.6) is 5.75 Å². The first-order valence-electron chi connectivity index (χ1n) is 7.51. The van der Waals surface area contributed by atoms with Crippen molar-refractivity contribution in [3.8, 4) is 5.75 Å². The minimum atomic E-state index is -3.08. The molecule has 0 saturated heterocycles. The molecule has 0 radical (unpaired) electrons. The Bertz CT molecular complexity index is 788. The monoisotopic (exact) mass is 336 g/mol. The zero-order chi connectivity index (χ0) is 16.4. The molecule has 0 unspecified atom stereocenters. The number of anilines is 1. The lowest BCUT2D eigenvalue weighted by atomic mass is 10.2. The second-order valence-electron chi connectivity index (χ2n) is 5.92. The van der Waals surface area contributed by atoms with E-state index in [-0.39, 0.29) is 17.9 Å². The molecule has 7 nitrogen and oxygen atoms in total. The van der Waals surface area contributed by atoms with E-state index in [9.17, 15) is 8.42 Å². The van der Waals surface area contributed by atoms with E-state index in [0.717, 1.165) is 12.8 Å². The molecule has 2 N–H and O–H groups in total. The average Bonchev–Trinajstić information content (AvgIpc) is 3.13. The van der Waals surface area contributed by atoms with Gasteiger partial charge in [-0.1, -0.05) is 11.3 Å². The number of sulfone groups is 1. The number of nitrogen functional groups attached to an aromatic ring is 1. The van der Waals surface area contributed by atoms with Gasteiger partial charge in [-0.05, 0) is 31.4 Å². The summed E-state index contributed by atoms with van der Waals surface area (Å²) in [6.07, 6.45) is 5.42. The molecule has 1 saturated carbocycles. The minimum Gasteiger partial charge on any atom is -0.487 e. The van der Waals surface area contributed by atoms with Crippen LogP contribution in [0.25, 0.3) is 0 Å². The summed E-state index contributed by atoms with van der Waals surface area (Å²) in [5.74, 6) is 0.662. The lowest BCUT2D eigenvalue weighted by molar-refractivity contribution is 0.301. The molecule has 0 amide bonds. The van der Waals surface area contributed by atoms with Crippen LogP contribution in [-0.2, 0) is 16.4 Å². The van der Waals surface area contributed by atoms with Gasteiger partial charge >= 0.3 is 0 Å². The van der Waals surface area contributed by atoms with Crippen LogP contribution >= 0.6 is 0 Å². The van der Waals surface area contributed by atoms with Crippen molar-refractivity contribution in [3.05, 3.63) is 36.2 Å². The van der Waals surface area contributed by atoms with Gasteiger partial charge in [-0.2, -0.15) is 0 Å². The van der Waals surface area contributed by atoms with E-state index >= 15 is 0 Å². The summed E-state index contributed by atoms with van der Waals surface area (Å²) in [5.41, 5.74) is 6.99. The van der Waals surface area contributed by atoms with Crippen LogP contribution < -0.4 is 10.5 Å². The summed E-state index contributed by atoms with van der Waals surface area (Å²) in [6.45, 7) is 0.264. The quantitative estimate of drug-likeness (QED) is 0.832. The highest BCUT2D eigenvalue weighted by atomic mass is 32.2. The number of nitrogens with zero attached hydrogens (tertiary/aromatic N) is 3. The van der Waals surface area contributed by atoms with Gasteiger partial charge < -0.3 is 10.5 Å². The normalized spacial score (nSPS) is 21.4. The van der Waals surface area contributed by atoms with Gasteiger partial charge in [0, 0.05) is 18.0 Å². The SMILES string of the molecule is CS(=O)(=O)[C@@H]1CCC[C@H]1n1cc(COc2cccc(N)c2)nn1. The number of rotatable bonds is 5. The van der Waals surface area contributed by atoms with Gasteiger partial charge in [-0.15, -0.1) is 5.10 Å². The van der Waals surface area contributed by atoms with Crippen molar-refractivity contribution in [2.45, 2.75) is 37.2 Å². The minimum absolute atomic E-state index is 0.140. The maximum atomic E-state index is 11.9. The summed E-state index contributed by atoms with van der Waals surface area (Å²) < 4.78 is 31.0. The zero-order valence-electron chi connectivity index (χ0n) is 12.9. The Morgan fingerprint density at radius 2 is 2.22 bits per heavy atom. The van der Waals surface area contributed by atoms with Crippen molar-refractivity contribution < 1.29 is 13.2 Å². The molecule has 3 rings (SSSR count). The summed E-state index contributed by atoms with van der Waals surface area (Å²) in [4.78, 5) is 0. The van der Waals surface area contributed by atoms with Gasteiger partial charge in [0.15, 0.2) is 9.84 Å². The molecule has 1 aromatic carbocycles. The molecule has 8 heteroatoms. The number of hydrogen-bond donors (Lipinski definition) is 1. The first-order chi connectivity index (χ1) is 10.9. The van der Waals surface area contributed by atoms with Crippen molar-refractivity contribution in [1.29, 1.82) is 0 Å². The van der Waals surface area contributed by atoms with Gasteiger partial charge in [0.2, 0.25) is 0 Å². The number of hydrogen-bond acceptors (Lipinski definition) is 6. The van der Waals surface area contributed by atoms with Crippen LogP contribution in [0.15, 0.2) is 30.5 Å². The number of aromatic nitrogens is 3. The van der Waals surface area contributed by atoms with Gasteiger partial charge in [-0.25, -0.2) is 13.1 Å². The second-order valence-corrected chi connectivity index (χ2v) is 8.18. The van der Waals surface area contributed by atoms with Crippen LogP contribution in [0.1, 0.15) is 31.0 Å². The summed E-state index contributed by atoms with van der Waals surface area (Å²) in [5, 5.41) is 7.78. The Morgan fingerprint density at radius 3 is 2.96 bits per heavy atom. The van der Waals surface area contributed by atoms with E-state index in [1.807, 2.05) is 12.1 Å². The Balaban J connectivity index is 1.68. The molecule has 0 spiro atoms. The van der Waals surface area contributed by atoms with E-state index in [0.29, 0.717) is 23.6 Å². The summed E-state index contributed by atoms with van der Waals surface area (Å²) in [7, 11) is -3.08. The fourth-order valence-corrected chi connectivity index (χ4v) is 4.44. The zero-order valence-corrected chi connectivity index (χ0v) is 13.7. The molecule has 1 aromatic heterocycles. The highest BCUT2D eigenvalue weighted by molar-refractivity contribution is 7.91. The molecule has 0 bridgehead atoms. The third-order valence-corrected chi connectivity index (χ3v) is 5.76. The Labute approximate surface area is 135 Å². The number of ether oxygens (including phenoxy) is 1. The molecule has 1 heterocycles. The fraction of sp³-hybridized carbons (Fsp3) is 0.467.